The molecule has 0 saturated carbocycles. The first kappa shape index (κ1) is 31.1. The van der Waals surface area contributed by atoms with E-state index in [-0.39, 0.29) is 40.5 Å². The molecule has 0 saturated heterocycles. The van der Waals surface area contributed by atoms with E-state index in [1.54, 1.807) is 0 Å². The zero-order valence-electron chi connectivity index (χ0n) is 20.1. The van der Waals surface area contributed by atoms with Crippen LogP contribution < -0.4 is 0 Å². The van der Waals surface area contributed by atoms with Crippen molar-refractivity contribution < 1.29 is 47.1 Å². The van der Waals surface area contributed by atoms with Crippen LogP contribution in [-0.4, -0.2) is 17.0 Å². The van der Waals surface area contributed by atoms with E-state index in [0.29, 0.717) is 0 Å². The van der Waals surface area contributed by atoms with E-state index in [2.05, 4.69) is 55.5 Å². The molecule has 0 spiro atoms. The van der Waals surface area contributed by atoms with E-state index >= 15 is 0 Å². The van der Waals surface area contributed by atoms with E-state index in [1.165, 1.54) is 62.3 Å². The quantitative estimate of drug-likeness (QED) is 0.0993. The number of aliphatic carboxylic acids is 1. The average Bonchev–Trinajstić information content (AvgIpc) is 2.83. The minimum Gasteiger partial charge on any atom is -0.481 e. The normalized spacial score (nSPS) is 10.1. The molecule has 0 aliphatic rings. The van der Waals surface area contributed by atoms with Gasteiger partial charge in [0.15, 0.2) is 0 Å². The molecule has 0 aliphatic carbocycles. The number of allylic oxidation sites excluding steroid dienone is 1. The molecule has 0 bridgehead atoms. The summed E-state index contributed by atoms with van der Waals surface area (Å²) < 4.78 is 4.78. The van der Waals surface area contributed by atoms with Crippen LogP contribution in [0.5, 0.6) is 0 Å². The van der Waals surface area contributed by atoms with Crippen LogP contribution in [0.2, 0.25) is 0 Å². The summed E-state index contributed by atoms with van der Waals surface area (Å²) in [6.07, 6.45) is 14.1. The smallest absolute Gasteiger partial charge is 0.311 e. The summed E-state index contributed by atoms with van der Waals surface area (Å²) in [6.45, 7) is 2.22. The Morgan fingerprint density at radius 1 is 0.758 bits per heavy atom. The predicted molar refractivity (Wildman–Crippen MR) is 131 cm³/mol. The number of carbonyl (C=O) groups excluding carboxylic acids is 1. The predicted octanol–water partition coefficient (Wildman–Crippen LogP) is 7.79. The molecular formula is C28H38HgO4. The van der Waals surface area contributed by atoms with Gasteiger partial charge in [0, 0.05) is 27.7 Å². The van der Waals surface area contributed by atoms with Gasteiger partial charge in [-0.15, -0.1) is 0 Å². The summed E-state index contributed by atoms with van der Waals surface area (Å²) in [5.74, 6) is -1.47. The van der Waals surface area contributed by atoms with Crippen LogP contribution in [0.4, 0.5) is 0 Å². The van der Waals surface area contributed by atoms with E-state index in [1.807, 2.05) is 18.2 Å². The van der Waals surface area contributed by atoms with E-state index < -0.39 is 11.9 Å². The SMILES string of the molecule is CCCCCCCCCC/C=C/OC(=O)CCC(=O)O.[Hg].c1ccc(-c2ccccc2)cc1. The van der Waals surface area contributed by atoms with E-state index in [4.69, 9.17) is 9.84 Å². The number of carboxylic acids is 1. The molecule has 0 fully saturated rings. The zero-order valence-corrected chi connectivity index (χ0v) is 25.6. The van der Waals surface area contributed by atoms with Crippen molar-refractivity contribution in [1.82, 2.24) is 0 Å². The molecule has 2 aromatic carbocycles. The van der Waals surface area contributed by atoms with Gasteiger partial charge < -0.3 is 9.84 Å². The minimum absolute atomic E-state index is 0. The first-order valence-corrected chi connectivity index (χ1v) is 11.8. The Morgan fingerprint density at radius 2 is 1.24 bits per heavy atom. The van der Waals surface area contributed by atoms with Gasteiger partial charge in [0.25, 0.3) is 0 Å². The second kappa shape index (κ2) is 21.9. The fourth-order valence-electron chi connectivity index (χ4n) is 3.12. The number of benzene rings is 2. The molecule has 0 aliphatic heterocycles. The van der Waals surface area contributed by atoms with Gasteiger partial charge in [-0.1, -0.05) is 113 Å². The second-order valence-corrected chi connectivity index (χ2v) is 7.75. The van der Waals surface area contributed by atoms with Gasteiger partial charge in [0.05, 0.1) is 19.1 Å². The van der Waals surface area contributed by atoms with Crippen LogP contribution in [0.1, 0.15) is 77.6 Å². The molecule has 0 atom stereocenters. The van der Waals surface area contributed by atoms with Crippen LogP contribution in [0.3, 0.4) is 0 Å². The monoisotopic (exact) mass is 640 g/mol. The standard InChI is InChI=1S/C16H28O4.C12H10.Hg/c1-2-3-4-5-6-7-8-9-10-11-14-20-16(19)13-12-15(17)18;1-3-7-11(8-4-1)12-9-5-2-6-10-12;/h11,14H,2-10,12-13H2,1H3,(H,17,18);1-10H;/b14-11+;;. The molecule has 33 heavy (non-hydrogen) atoms. The summed E-state index contributed by atoms with van der Waals surface area (Å²) in [7, 11) is 0. The van der Waals surface area contributed by atoms with Gasteiger partial charge in [-0.2, -0.15) is 0 Å². The van der Waals surface area contributed by atoms with Crippen molar-refractivity contribution in [1.29, 1.82) is 0 Å². The van der Waals surface area contributed by atoms with Crippen molar-refractivity contribution in [3.05, 3.63) is 73.0 Å². The Labute approximate surface area is 220 Å². The summed E-state index contributed by atoms with van der Waals surface area (Å²) in [5.41, 5.74) is 2.55. The maximum absolute atomic E-state index is 11.1. The fourth-order valence-corrected chi connectivity index (χ4v) is 3.12. The third-order valence-corrected chi connectivity index (χ3v) is 4.94. The number of unbranched alkanes of at least 4 members (excludes halogenated alkanes) is 8. The molecule has 0 aromatic heterocycles. The number of esters is 1. The van der Waals surface area contributed by atoms with Crippen molar-refractivity contribution in [3.63, 3.8) is 0 Å². The Kier molecular flexibility index (Phi) is 20.6. The van der Waals surface area contributed by atoms with Crippen molar-refractivity contribution in [2.75, 3.05) is 0 Å². The molecule has 2 aromatic rings. The van der Waals surface area contributed by atoms with Crippen LogP contribution >= 0.6 is 0 Å². The first-order valence-electron chi connectivity index (χ1n) is 11.8. The maximum atomic E-state index is 11.1. The number of rotatable bonds is 14. The summed E-state index contributed by atoms with van der Waals surface area (Å²) in [5, 5.41) is 8.40. The number of carboxylic acid groups (broad SMARTS) is 1. The largest absolute Gasteiger partial charge is 0.481 e. The van der Waals surface area contributed by atoms with Gasteiger partial charge in [0.2, 0.25) is 0 Å². The van der Waals surface area contributed by atoms with Gasteiger partial charge in [-0.3, -0.25) is 9.59 Å². The first-order chi connectivity index (χ1) is 15.6. The number of hydrogen-bond acceptors (Lipinski definition) is 3. The van der Waals surface area contributed by atoms with Gasteiger partial charge in [-0.25, -0.2) is 0 Å². The number of hydrogen-bond donors (Lipinski definition) is 1. The van der Waals surface area contributed by atoms with E-state index in [0.717, 1.165) is 12.8 Å². The molecule has 0 amide bonds. The van der Waals surface area contributed by atoms with Crippen molar-refractivity contribution >= 4 is 11.9 Å². The van der Waals surface area contributed by atoms with E-state index in [9.17, 15) is 9.59 Å². The molecule has 1 N–H and O–H groups in total. The number of carbonyl (C=O) groups is 2. The van der Waals surface area contributed by atoms with Gasteiger partial charge in [0.1, 0.15) is 0 Å². The molecule has 0 unspecified atom stereocenters. The van der Waals surface area contributed by atoms with Crippen molar-refractivity contribution in [2.45, 2.75) is 77.6 Å². The van der Waals surface area contributed by atoms with Gasteiger partial charge in [-0.05, 0) is 30.0 Å². The molecule has 4 nitrogen and oxygen atoms in total. The van der Waals surface area contributed by atoms with Gasteiger partial charge >= 0.3 is 11.9 Å². The summed E-state index contributed by atoms with van der Waals surface area (Å²) >= 11 is 0. The second-order valence-electron chi connectivity index (χ2n) is 7.75. The van der Waals surface area contributed by atoms with Crippen LogP contribution in [0.15, 0.2) is 73.0 Å². The fraction of sp³-hybridized carbons (Fsp3) is 0.429. The van der Waals surface area contributed by atoms with Crippen LogP contribution in [0, 0.1) is 0 Å². The van der Waals surface area contributed by atoms with Crippen molar-refractivity contribution in [3.8, 4) is 11.1 Å². The third-order valence-electron chi connectivity index (χ3n) is 4.94. The molecule has 5 heteroatoms. The molecule has 176 valence electrons. The number of ether oxygens (including phenoxy) is 1. The Morgan fingerprint density at radius 3 is 1.73 bits per heavy atom. The Bertz CT molecular complexity index is 722. The molecule has 0 heterocycles. The molecule has 0 radical (unpaired) electrons. The topological polar surface area (TPSA) is 63.6 Å². The summed E-state index contributed by atoms with van der Waals surface area (Å²) in [4.78, 5) is 21.3. The van der Waals surface area contributed by atoms with Crippen molar-refractivity contribution in [2.24, 2.45) is 0 Å². The summed E-state index contributed by atoms with van der Waals surface area (Å²) in [6, 6.07) is 20.8. The zero-order chi connectivity index (χ0) is 23.3. The van der Waals surface area contributed by atoms with Crippen LogP contribution in [-0.2, 0) is 42.0 Å². The minimum atomic E-state index is -0.982. The molecule has 2 rings (SSSR count). The Balaban J connectivity index is 0.000000666. The average molecular weight is 639 g/mol. The van der Waals surface area contributed by atoms with Crippen LogP contribution in [0.25, 0.3) is 11.1 Å². The maximum Gasteiger partial charge on any atom is 0.311 e. The third kappa shape index (κ3) is 18.2. The Hall–Kier alpha value is -1.94. The molecular weight excluding hydrogens is 601 g/mol.